The number of benzene rings is 1. The van der Waals surface area contributed by atoms with Crippen LogP contribution in [0.5, 0.6) is 0 Å². The van der Waals surface area contributed by atoms with Gasteiger partial charge in [-0.05, 0) is 24.1 Å². The Bertz CT molecular complexity index is 533. The lowest BCUT2D eigenvalue weighted by molar-refractivity contribution is -0.138. The molecule has 3 N–H and O–H groups in total. The minimum Gasteiger partial charge on any atom is -0.481 e. The van der Waals surface area contributed by atoms with Gasteiger partial charge in [0, 0.05) is 23.0 Å². The van der Waals surface area contributed by atoms with Gasteiger partial charge in [-0.2, -0.15) is 0 Å². The number of amides is 2. The summed E-state index contributed by atoms with van der Waals surface area (Å²) >= 11 is 3.26. The molecule has 7 heteroatoms. The van der Waals surface area contributed by atoms with Crippen LogP contribution in [0.3, 0.4) is 0 Å². The molecule has 0 aromatic heterocycles. The van der Waals surface area contributed by atoms with Gasteiger partial charge in [-0.3, -0.25) is 14.4 Å². The van der Waals surface area contributed by atoms with E-state index in [1.165, 1.54) is 0 Å². The number of carbonyl (C=O) groups excluding carboxylic acids is 2. The van der Waals surface area contributed by atoms with Crippen LogP contribution in [0.1, 0.15) is 23.7 Å². The predicted molar refractivity (Wildman–Crippen MR) is 80.9 cm³/mol. The molecule has 0 aliphatic carbocycles. The van der Waals surface area contributed by atoms with Crippen LogP contribution < -0.4 is 10.6 Å². The summed E-state index contributed by atoms with van der Waals surface area (Å²) in [7, 11) is 0. The molecule has 0 radical (unpaired) electrons. The molecule has 2 amide bonds. The third kappa shape index (κ3) is 6.89. The monoisotopic (exact) mass is 356 g/mol. The second kappa shape index (κ2) is 8.41. The molecule has 0 heterocycles. The van der Waals surface area contributed by atoms with Crippen molar-refractivity contribution in [3.8, 4) is 0 Å². The highest BCUT2D eigenvalue weighted by Crippen LogP contribution is 2.11. The standard InChI is InChI=1S/C14H17BrN2O4/c1-9(5-13(19)20)7-16-12(18)8-17-14(21)10-3-2-4-11(15)6-10/h2-4,6,9H,5,7-8H2,1H3,(H,16,18)(H,17,21)(H,19,20). The molecule has 1 aromatic carbocycles. The topological polar surface area (TPSA) is 95.5 Å². The Kier molecular flexibility index (Phi) is 6.87. The summed E-state index contributed by atoms with van der Waals surface area (Å²) in [5, 5.41) is 13.7. The zero-order valence-electron chi connectivity index (χ0n) is 11.6. The molecule has 0 spiro atoms. The summed E-state index contributed by atoms with van der Waals surface area (Å²) in [6.45, 7) is 1.84. The number of aliphatic carboxylic acids is 1. The van der Waals surface area contributed by atoms with E-state index in [1.54, 1.807) is 31.2 Å². The highest BCUT2D eigenvalue weighted by atomic mass is 79.9. The summed E-state index contributed by atoms with van der Waals surface area (Å²) in [5.74, 6) is -1.76. The van der Waals surface area contributed by atoms with E-state index in [0.29, 0.717) is 5.56 Å². The van der Waals surface area contributed by atoms with Crippen LogP contribution in [0.2, 0.25) is 0 Å². The maximum atomic E-state index is 11.8. The second-order valence-electron chi connectivity index (χ2n) is 4.70. The molecule has 0 saturated carbocycles. The SMILES string of the molecule is CC(CNC(=O)CNC(=O)c1cccc(Br)c1)CC(=O)O. The summed E-state index contributed by atoms with van der Waals surface area (Å²) < 4.78 is 0.780. The second-order valence-corrected chi connectivity index (χ2v) is 5.62. The van der Waals surface area contributed by atoms with Crippen LogP contribution in [0.25, 0.3) is 0 Å². The Hall–Kier alpha value is -1.89. The summed E-state index contributed by atoms with van der Waals surface area (Å²) in [5.41, 5.74) is 0.455. The number of nitrogens with one attached hydrogen (secondary N) is 2. The van der Waals surface area contributed by atoms with Crippen LogP contribution in [-0.2, 0) is 9.59 Å². The van der Waals surface area contributed by atoms with Crippen molar-refractivity contribution in [3.63, 3.8) is 0 Å². The molecule has 114 valence electrons. The van der Waals surface area contributed by atoms with Crippen LogP contribution in [0, 0.1) is 5.92 Å². The highest BCUT2D eigenvalue weighted by Gasteiger charge is 2.11. The Balaban J connectivity index is 2.33. The molecule has 21 heavy (non-hydrogen) atoms. The molecule has 1 unspecified atom stereocenters. The average molecular weight is 357 g/mol. The first kappa shape index (κ1) is 17.2. The van der Waals surface area contributed by atoms with Gasteiger partial charge in [0.15, 0.2) is 0 Å². The third-order valence-electron chi connectivity index (χ3n) is 2.67. The van der Waals surface area contributed by atoms with Crippen LogP contribution >= 0.6 is 15.9 Å². The van der Waals surface area contributed by atoms with Crippen molar-refractivity contribution in [2.45, 2.75) is 13.3 Å². The molecule has 6 nitrogen and oxygen atoms in total. The minimum absolute atomic E-state index is 0.00924. The number of carbonyl (C=O) groups is 3. The smallest absolute Gasteiger partial charge is 0.303 e. The Labute approximate surface area is 131 Å². The van der Waals surface area contributed by atoms with Crippen molar-refractivity contribution in [1.29, 1.82) is 0 Å². The van der Waals surface area contributed by atoms with E-state index in [2.05, 4.69) is 26.6 Å². The van der Waals surface area contributed by atoms with E-state index in [4.69, 9.17) is 5.11 Å². The number of carboxylic acid groups (broad SMARTS) is 1. The van der Waals surface area contributed by atoms with E-state index < -0.39 is 5.97 Å². The van der Waals surface area contributed by atoms with Gasteiger partial charge < -0.3 is 15.7 Å². The molecule has 1 rings (SSSR count). The molecule has 0 fully saturated rings. The molecule has 0 saturated heterocycles. The van der Waals surface area contributed by atoms with E-state index in [9.17, 15) is 14.4 Å². The van der Waals surface area contributed by atoms with Gasteiger partial charge >= 0.3 is 5.97 Å². The van der Waals surface area contributed by atoms with Crippen molar-refractivity contribution in [1.82, 2.24) is 10.6 Å². The summed E-state index contributed by atoms with van der Waals surface area (Å²) in [4.78, 5) is 33.8. The normalized spacial score (nSPS) is 11.5. The number of carboxylic acids is 1. The van der Waals surface area contributed by atoms with Crippen molar-refractivity contribution < 1.29 is 19.5 Å². The molecular weight excluding hydrogens is 340 g/mol. The fourth-order valence-electron chi connectivity index (χ4n) is 1.61. The molecule has 0 bridgehead atoms. The van der Waals surface area contributed by atoms with E-state index >= 15 is 0 Å². The van der Waals surface area contributed by atoms with Gasteiger partial charge in [-0.25, -0.2) is 0 Å². The van der Waals surface area contributed by atoms with E-state index in [1.807, 2.05) is 0 Å². The molecule has 0 aliphatic heterocycles. The first-order chi connectivity index (χ1) is 9.88. The van der Waals surface area contributed by atoms with Crippen molar-refractivity contribution in [2.75, 3.05) is 13.1 Å². The molecule has 0 aliphatic rings. The quantitative estimate of drug-likeness (QED) is 0.688. The first-order valence-corrected chi connectivity index (χ1v) is 7.20. The molecular formula is C14H17BrN2O4. The molecule has 1 aromatic rings. The fourth-order valence-corrected chi connectivity index (χ4v) is 2.01. The fraction of sp³-hybridized carbons (Fsp3) is 0.357. The van der Waals surface area contributed by atoms with Gasteiger partial charge in [0.1, 0.15) is 0 Å². The van der Waals surface area contributed by atoms with Crippen LogP contribution in [-0.4, -0.2) is 36.0 Å². The van der Waals surface area contributed by atoms with Crippen molar-refractivity contribution in [3.05, 3.63) is 34.3 Å². The summed E-state index contributed by atoms with van der Waals surface area (Å²) in [6, 6.07) is 6.83. The number of hydrogen-bond acceptors (Lipinski definition) is 3. The summed E-state index contributed by atoms with van der Waals surface area (Å²) in [6.07, 6.45) is -0.00924. The third-order valence-corrected chi connectivity index (χ3v) is 3.16. The maximum absolute atomic E-state index is 11.8. The van der Waals surface area contributed by atoms with Crippen LogP contribution in [0.15, 0.2) is 28.7 Å². The lowest BCUT2D eigenvalue weighted by atomic mass is 10.1. The average Bonchev–Trinajstić information content (AvgIpc) is 2.41. The number of hydrogen-bond donors (Lipinski definition) is 3. The molecule has 1 atom stereocenters. The van der Waals surface area contributed by atoms with Gasteiger partial charge in [0.25, 0.3) is 5.91 Å². The first-order valence-electron chi connectivity index (χ1n) is 6.40. The Morgan fingerprint density at radius 1 is 1.29 bits per heavy atom. The maximum Gasteiger partial charge on any atom is 0.303 e. The Morgan fingerprint density at radius 2 is 2.00 bits per heavy atom. The van der Waals surface area contributed by atoms with Gasteiger partial charge in [0.2, 0.25) is 5.91 Å². The van der Waals surface area contributed by atoms with E-state index in [-0.39, 0.29) is 37.2 Å². The van der Waals surface area contributed by atoms with Gasteiger partial charge in [-0.15, -0.1) is 0 Å². The van der Waals surface area contributed by atoms with Crippen LogP contribution in [0.4, 0.5) is 0 Å². The van der Waals surface area contributed by atoms with Crippen molar-refractivity contribution in [2.24, 2.45) is 5.92 Å². The zero-order valence-corrected chi connectivity index (χ0v) is 13.1. The number of halogens is 1. The Morgan fingerprint density at radius 3 is 2.62 bits per heavy atom. The van der Waals surface area contributed by atoms with Crippen molar-refractivity contribution >= 4 is 33.7 Å². The lowest BCUT2D eigenvalue weighted by Gasteiger charge is -2.11. The predicted octanol–water partition coefficient (Wildman–Crippen LogP) is 1.41. The zero-order chi connectivity index (χ0) is 15.8. The minimum atomic E-state index is -0.903. The lowest BCUT2D eigenvalue weighted by Crippen LogP contribution is -2.38. The highest BCUT2D eigenvalue weighted by molar-refractivity contribution is 9.10. The largest absolute Gasteiger partial charge is 0.481 e. The van der Waals surface area contributed by atoms with Gasteiger partial charge in [0.05, 0.1) is 6.54 Å². The number of rotatable bonds is 7. The van der Waals surface area contributed by atoms with E-state index in [0.717, 1.165) is 4.47 Å². The van der Waals surface area contributed by atoms with Gasteiger partial charge in [-0.1, -0.05) is 28.9 Å².